The van der Waals surface area contributed by atoms with Gasteiger partial charge in [0.25, 0.3) is 0 Å². The number of rotatable bonds is 17. The Labute approximate surface area is 653 Å². The summed E-state index contributed by atoms with van der Waals surface area (Å²) in [6, 6.07) is -2.28. The van der Waals surface area contributed by atoms with Crippen molar-refractivity contribution in [2.45, 2.75) is 466 Å². The molecule has 0 N–H and O–H groups in total. The lowest BCUT2D eigenvalue weighted by Gasteiger charge is -2.58. The van der Waals surface area contributed by atoms with Crippen LogP contribution in [-0.2, 0) is 41.7 Å². The lowest BCUT2D eigenvalue weighted by Crippen LogP contribution is -2.68. The van der Waals surface area contributed by atoms with E-state index in [0.29, 0.717) is 132 Å². The van der Waals surface area contributed by atoms with Crippen LogP contribution in [0.5, 0.6) is 6.01 Å². The predicted octanol–water partition coefficient (Wildman–Crippen LogP) is 14.4. The maximum atomic E-state index is 14.4. The van der Waals surface area contributed by atoms with Gasteiger partial charge in [-0.3, -0.25) is 0 Å². The molecule has 10 rings (SSSR count). The number of hydroxylamine groups is 16. The molecule has 0 amide bonds. The first kappa shape index (κ1) is 87.1. The quantitative estimate of drug-likeness (QED) is 0.105. The highest BCUT2D eigenvalue weighted by atomic mass is 32.2. The molecule has 8 radical (unpaired) electrons. The summed E-state index contributed by atoms with van der Waals surface area (Å²) in [4.78, 5) is 42.8. The van der Waals surface area contributed by atoms with Gasteiger partial charge in [-0.1, -0.05) is 11.8 Å². The van der Waals surface area contributed by atoms with Gasteiger partial charge in [-0.25, -0.2) is 0 Å². The lowest BCUT2D eigenvalue weighted by molar-refractivity contribution is -0.294. The summed E-state index contributed by atoms with van der Waals surface area (Å²) in [6.45, 7) is 64.0. The molecule has 0 bridgehead atoms. The smallest absolute Gasteiger partial charge is 0.323 e. The zero-order chi connectivity index (χ0) is 81.4. The number of nitrogens with zero attached hydrogens (tertiary/aromatic N) is 18. The second kappa shape index (κ2) is 28.3. The van der Waals surface area contributed by atoms with Crippen LogP contribution in [0.15, 0.2) is 5.16 Å². The van der Waals surface area contributed by atoms with E-state index in [1.807, 2.05) is 222 Å². The van der Waals surface area contributed by atoms with E-state index in [9.17, 15) is 41.7 Å². The zero-order valence-corrected chi connectivity index (χ0v) is 73.3. The summed E-state index contributed by atoms with van der Waals surface area (Å²) in [5.74, 6) is 1.79. The molecule has 0 unspecified atom stereocenters. The highest BCUT2D eigenvalue weighted by Gasteiger charge is 2.60. The first-order chi connectivity index (χ1) is 48.6. The van der Waals surface area contributed by atoms with Crippen LogP contribution in [0.3, 0.4) is 0 Å². The minimum atomic E-state index is -0.823. The van der Waals surface area contributed by atoms with E-state index < -0.39 is 88.6 Å². The maximum Gasteiger partial charge on any atom is 0.323 e. The Bertz CT molecular complexity index is 2800. The second-order valence-electron chi connectivity index (χ2n) is 44.6. The van der Waals surface area contributed by atoms with Crippen LogP contribution in [0.25, 0.3) is 0 Å². The Kier molecular flexibility index (Phi) is 22.8. The largest absolute Gasteiger partial charge is 0.462 e. The third-order valence-corrected chi connectivity index (χ3v) is 27.2. The molecule has 610 valence electrons. The molecule has 0 atom stereocenters. The fourth-order valence-electron chi connectivity index (χ4n) is 23.3. The zero-order valence-electron chi connectivity index (χ0n) is 72.5. The van der Waals surface area contributed by atoms with Gasteiger partial charge in [-0.15, -0.1) is 82.2 Å². The van der Waals surface area contributed by atoms with E-state index in [2.05, 4.69) is 19.6 Å². The van der Waals surface area contributed by atoms with E-state index in [-0.39, 0.29) is 66.7 Å². The molecule has 108 heavy (non-hydrogen) atoms. The van der Waals surface area contributed by atoms with Crippen LogP contribution < -0.4 is 24.3 Å². The molecule has 0 aliphatic carbocycles. The Hall–Kier alpha value is -3.27. The minimum Gasteiger partial charge on any atom is -0.462 e. The fourth-order valence-corrected chi connectivity index (χ4v) is 23.9. The summed E-state index contributed by atoms with van der Waals surface area (Å²) in [5.41, 5.74) is -13.1. The molecule has 8 aliphatic heterocycles. The molecule has 2 aromatic heterocycles. The average molecular weight is 1530 g/mol. The van der Waals surface area contributed by atoms with E-state index >= 15 is 0 Å². The number of hydrogen-bond donors (Lipinski definition) is 0. The number of piperidine rings is 8. The summed E-state index contributed by atoms with van der Waals surface area (Å²) < 4.78 is 7.12. The van der Waals surface area contributed by atoms with Crippen molar-refractivity contribution in [1.82, 2.24) is 70.4 Å². The molecule has 10 heterocycles. The molecule has 27 nitrogen and oxygen atoms in total. The molecule has 28 heteroatoms. The number of aromatic nitrogens is 6. The van der Waals surface area contributed by atoms with Gasteiger partial charge in [-0.05, 0) is 324 Å². The van der Waals surface area contributed by atoms with Gasteiger partial charge in [0.05, 0.1) is 0 Å². The van der Waals surface area contributed by atoms with Crippen molar-refractivity contribution in [2.75, 3.05) is 32.0 Å². The third kappa shape index (κ3) is 16.8. The van der Waals surface area contributed by atoms with Gasteiger partial charge in [0.1, 0.15) is 6.61 Å². The standard InChI is InChI=1S/C80H140N18O9S/c1-65(2)35-51(36-66(3,4)91(65)99)87(52-37-67(5,6)92(100)68(7,8)38-52)59-81-60(88(53-39-69(9,10)93(101)70(11,12)40-53)54-41-71(13,14)94(102)72(15,16)42-54)84-63(83-59)107-33-34-108-64-85-61(89(55-43-73(17,18)95(103)74(19,20)44-55)56-45-75(21,22)96(104)76(23,24)46-56)82-62(86-64)90(57-47-77(25,26)97(105)78(27,28)48-57)58-49-79(29,30)98(106)80(31,32)50-58/h51-58H,33-50H2,1-32H3. The second-order valence-corrected chi connectivity index (χ2v) is 45.7. The van der Waals surface area contributed by atoms with Gasteiger partial charge < -0.3 is 24.3 Å². The van der Waals surface area contributed by atoms with Crippen LogP contribution in [0, 0.1) is 0 Å². The average Bonchev–Trinajstić information content (AvgIpc) is 0.741. The number of anilines is 4. The Morgan fingerprint density at radius 2 is 0.389 bits per heavy atom. The van der Waals surface area contributed by atoms with Crippen molar-refractivity contribution in [3.63, 3.8) is 0 Å². The number of thioether (sulfide) groups is 1. The Morgan fingerprint density at radius 1 is 0.250 bits per heavy atom. The van der Waals surface area contributed by atoms with E-state index in [0.717, 1.165) is 0 Å². The summed E-state index contributed by atoms with van der Waals surface area (Å²) in [5, 5.41) is 126. The van der Waals surface area contributed by atoms with Crippen LogP contribution in [0.2, 0.25) is 0 Å². The molecule has 0 spiro atoms. The molecule has 8 aliphatic rings. The van der Waals surface area contributed by atoms with Crippen molar-refractivity contribution >= 4 is 35.6 Å². The van der Waals surface area contributed by atoms with Gasteiger partial charge in [-0.2, -0.15) is 29.9 Å². The molecule has 8 saturated heterocycles. The van der Waals surface area contributed by atoms with E-state index in [1.165, 1.54) is 52.3 Å². The molecule has 0 saturated carbocycles. The topological polar surface area (TPSA) is 285 Å². The van der Waals surface area contributed by atoms with Gasteiger partial charge >= 0.3 is 6.01 Å². The molecule has 0 aromatic carbocycles. The number of ether oxygens (including phenoxy) is 1. The normalized spacial score (nSPS) is 29.4. The van der Waals surface area contributed by atoms with Crippen molar-refractivity contribution in [3.05, 3.63) is 0 Å². The SMILES string of the molecule is CC1(C)CC(N(c2nc(OCCSc3nc(N(C4CC(C)(C)N([O])C(C)(C)C4)C4CC(C)(C)N([O])C(C)(C)C4)nc(N(C4CC(C)(C)N([O])C(C)(C)C4)C4CC(C)(C)N([O])C(C)(C)C4)n3)nc(N(C3CC(C)(C)N([O])C(C)(C)C3)C3CC(C)(C)N([O])C(C)(C)C3)n2)C2CC(C)(C)N([O])C(C)(C)C2)CC(C)(C)N1[O]. The lowest BCUT2D eigenvalue weighted by atomic mass is 9.74. The van der Waals surface area contributed by atoms with Crippen molar-refractivity contribution in [2.24, 2.45) is 0 Å². The Morgan fingerprint density at radius 3 is 0.537 bits per heavy atom. The maximum absolute atomic E-state index is 14.4. The predicted molar refractivity (Wildman–Crippen MR) is 415 cm³/mol. The monoisotopic (exact) mass is 1530 g/mol. The fraction of sp³-hybridized carbons (Fsp3) is 0.925. The van der Waals surface area contributed by atoms with Crippen LogP contribution >= 0.6 is 11.8 Å². The minimum absolute atomic E-state index is 0.0349. The van der Waals surface area contributed by atoms with E-state index in [4.69, 9.17) is 34.6 Å². The molecular formula is C80H140N18O9S. The van der Waals surface area contributed by atoms with E-state index in [1.54, 1.807) is 0 Å². The van der Waals surface area contributed by atoms with Crippen molar-refractivity contribution < 1.29 is 46.4 Å². The molecule has 8 fully saturated rings. The highest BCUT2D eigenvalue weighted by molar-refractivity contribution is 7.99. The molecular weight excluding hydrogens is 1390 g/mol. The van der Waals surface area contributed by atoms with Crippen molar-refractivity contribution in [1.29, 1.82) is 0 Å². The summed E-state index contributed by atoms with van der Waals surface area (Å²) >= 11 is 1.40. The van der Waals surface area contributed by atoms with Gasteiger partial charge in [0, 0.05) is 143 Å². The van der Waals surface area contributed by atoms with Gasteiger partial charge in [0.2, 0.25) is 23.8 Å². The summed E-state index contributed by atoms with van der Waals surface area (Å²) in [7, 11) is 0. The summed E-state index contributed by atoms with van der Waals surface area (Å²) in [6.07, 6.45) is 7.42. The highest BCUT2D eigenvalue weighted by Crippen LogP contribution is 2.53. The van der Waals surface area contributed by atoms with Crippen LogP contribution in [0.4, 0.5) is 23.8 Å². The molecule has 2 aromatic rings. The first-order valence-corrected chi connectivity index (χ1v) is 41.3. The van der Waals surface area contributed by atoms with Gasteiger partial charge in [0.15, 0.2) is 5.16 Å². The number of hydrogen-bond acceptors (Lipinski definition) is 20. The Balaban J connectivity index is 1.17. The van der Waals surface area contributed by atoms with Crippen molar-refractivity contribution in [3.8, 4) is 6.01 Å². The third-order valence-electron chi connectivity index (χ3n) is 26.4. The van der Waals surface area contributed by atoms with Crippen LogP contribution in [-0.4, -0.2) is 220 Å². The van der Waals surface area contributed by atoms with Crippen LogP contribution in [0.1, 0.15) is 324 Å². The first-order valence-electron chi connectivity index (χ1n) is 40.4.